The van der Waals surface area contributed by atoms with Crippen molar-refractivity contribution >= 4 is 34.4 Å². The first-order chi connectivity index (χ1) is 18.1. The molecule has 0 spiro atoms. The molecule has 0 heterocycles. The number of hydrogen-bond acceptors (Lipinski definition) is 4. The van der Waals surface area contributed by atoms with Crippen LogP contribution in [0.1, 0.15) is 42.1 Å². The van der Waals surface area contributed by atoms with Crippen molar-refractivity contribution in [1.29, 1.82) is 0 Å². The van der Waals surface area contributed by atoms with Crippen LogP contribution in [0, 0.1) is 11.8 Å². The molecular formula is C29H28F3NO4S. The summed E-state index contributed by atoms with van der Waals surface area (Å²) in [5.41, 5.74) is -3.56. The maximum Gasteiger partial charge on any atom is 0.446 e. The first kappa shape index (κ1) is 27.6. The standard InChI is InChI=1S/C29H28F3NO4S/c1-2-18-6-5-8-21(16-18)25(28(35)36)33-27(34)24-15-12-20-7-3-4-9-23(20)26(24)37-17-19-10-13-22(14-11-19)38-29(30,31)32/h3-5,7-15,18,21,25H,2,6,16-17H2,1H3,(H,33,34)(H,35,36). The Kier molecular flexibility index (Phi) is 8.66. The third-order valence-corrected chi connectivity index (χ3v) is 7.42. The van der Waals surface area contributed by atoms with Gasteiger partial charge >= 0.3 is 11.5 Å². The molecule has 0 fully saturated rings. The van der Waals surface area contributed by atoms with E-state index in [9.17, 15) is 27.9 Å². The number of hydrogen-bond donors (Lipinski definition) is 2. The van der Waals surface area contributed by atoms with Gasteiger partial charge in [0.05, 0.1) is 5.56 Å². The molecule has 9 heteroatoms. The van der Waals surface area contributed by atoms with Gasteiger partial charge in [-0.15, -0.1) is 0 Å². The number of carboxylic acids is 1. The van der Waals surface area contributed by atoms with Crippen LogP contribution in [-0.4, -0.2) is 28.5 Å². The Morgan fingerprint density at radius 3 is 2.53 bits per heavy atom. The van der Waals surface area contributed by atoms with Crippen LogP contribution in [0.5, 0.6) is 5.75 Å². The molecule has 1 amide bonds. The van der Waals surface area contributed by atoms with E-state index in [1.807, 2.05) is 24.3 Å². The lowest BCUT2D eigenvalue weighted by molar-refractivity contribution is -0.140. The fourth-order valence-corrected chi connectivity index (χ4v) is 5.22. The summed E-state index contributed by atoms with van der Waals surface area (Å²) in [7, 11) is 0. The highest BCUT2D eigenvalue weighted by Crippen LogP contribution is 2.37. The van der Waals surface area contributed by atoms with Crippen LogP contribution in [0.3, 0.4) is 0 Å². The zero-order valence-corrected chi connectivity index (χ0v) is 21.5. The predicted octanol–water partition coefficient (Wildman–Crippen LogP) is 7.21. The monoisotopic (exact) mass is 543 g/mol. The van der Waals surface area contributed by atoms with Crippen molar-refractivity contribution in [2.75, 3.05) is 0 Å². The summed E-state index contributed by atoms with van der Waals surface area (Å²) in [4.78, 5) is 25.6. The molecule has 4 rings (SSSR count). The minimum absolute atomic E-state index is 0.0111. The second-order valence-electron chi connectivity index (χ2n) is 9.27. The van der Waals surface area contributed by atoms with Crippen molar-refractivity contribution in [3.8, 4) is 5.75 Å². The maximum atomic E-state index is 13.4. The largest absolute Gasteiger partial charge is 0.487 e. The molecule has 3 aromatic carbocycles. The van der Waals surface area contributed by atoms with E-state index in [1.54, 1.807) is 36.4 Å². The quantitative estimate of drug-likeness (QED) is 0.220. The van der Waals surface area contributed by atoms with Gasteiger partial charge in [0, 0.05) is 16.2 Å². The van der Waals surface area contributed by atoms with Gasteiger partial charge in [0.1, 0.15) is 18.4 Å². The summed E-state index contributed by atoms with van der Waals surface area (Å²) in [5.74, 6) is -1.35. The van der Waals surface area contributed by atoms with Crippen LogP contribution >= 0.6 is 11.8 Å². The van der Waals surface area contributed by atoms with E-state index in [4.69, 9.17) is 4.74 Å². The van der Waals surface area contributed by atoms with Crippen LogP contribution in [0.4, 0.5) is 13.2 Å². The second kappa shape index (κ2) is 11.9. The Morgan fingerprint density at radius 2 is 1.84 bits per heavy atom. The zero-order chi connectivity index (χ0) is 27.3. The van der Waals surface area contributed by atoms with Gasteiger partial charge in [-0.1, -0.05) is 68.0 Å². The summed E-state index contributed by atoms with van der Waals surface area (Å²) in [6.45, 7) is 2.08. The number of carbonyl (C=O) groups excluding carboxylic acids is 1. The fourth-order valence-electron chi connectivity index (χ4n) is 4.68. The average molecular weight is 544 g/mol. The highest BCUT2D eigenvalue weighted by atomic mass is 32.2. The van der Waals surface area contributed by atoms with Gasteiger partial charge in [-0.25, -0.2) is 4.79 Å². The molecule has 0 saturated heterocycles. The molecule has 0 aromatic heterocycles. The minimum atomic E-state index is -4.37. The van der Waals surface area contributed by atoms with Crippen molar-refractivity contribution in [2.24, 2.45) is 11.8 Å². The lowest BCUT2D eigenvalue weighted by Crippen LogP contribution is -2.46. The van der Waals surface area contributed by atoms with Gasteiger partial charge in [0.25, 0.3) is 5.91 Å². The van der Waals surface area contributed by atoms with Gasteiger partial charge < -0.3 is 15.2 Å². The summed E-state index contributed by atoms with van der Waals surface area (Å²) >= 11 is -0.193. The van der Waals surface area contributed by atoms with Crippen LogP contribution in [0.25, 0.3) is 10.8 Å². The van der Waals surface area contributed by atoms with Crippen LogP contribution in [0.2, 0.25) is 0 Å². The number of thioether (sulfide) groups is 1. The van der Waals surface area contributed by atoms with Gasteiger partial charge in [0.2, 0.25) is 0 Å². The first-order valence-electron chi connectivity index (χ1n) is 12.3. The molecule has 0 bridgehead atoms. The van der Waals surface area contributed by atoms with Crippen molar-refractivity contribution in [1.82, 2.24) is 5.32 Å². The molecule has 2 N–H and O–H groups in total. The number of alkyl halides is 3. The lowest BCUT2D eigenvalue weighted by atomic mass is 9.81. The third-order valence-electron chi connectivity index (χ3n) is 6.68. The molecule has 200 valence electrons. The number of aliphatic carboxylic acids is 1. The molecule has 0 radical (unpaired) electrons. The molecular weight excluding hydrogens is 515 g/mol. The number of halogens is 3. The molecule has 3 atom stereocenters. The lowest BCUT2D eigenvalue weighted by Gasteiger charge is -2.29. The molecule has 3 unspecified atom stereocenters. The van der Waals surface area contributed by atoms with Crippen molar-refractivity contribution in [3.63, 3.8) is 0 Å². The summed E-state index contributed by atoms with van der Waals surface area (Å²) in [6, 6.07) is 15.4. The minimum Gasteiger partial charge on any atom is -0.487 e. The Labute approximate surface area is 223 Å². The number of allylic oxidation sites excluding steroid dienone is 1. The van der Waals surface area contributed by atoms with E-state index in [2.05, 4.69) is 12.2 Å². The SMILES string of the molecule is CCC1CC=CC(C(NC(=O)c2ccc3ccccc3c2OCc2ccc(SC(F)(F)F)cc2)C(=O)O)C1. The van der Waals surface area contributed by atoms with E-state index in [1.165, 1.54) is 12.1 Å². The Bertz CT molecular complexity index is 1320. The van der Waals surface area contributed by atoms with E-state index < -0.39 is 23.4 Å². The molecule has 3 aromatic rings. The maximum absolute atomic E-state index is 13.4. The van der Waals surface area contributed by atoms with Crippen molar-refractivity contribution in [2.45, 2.75) is 49.2 Å². The molecule has 1 aliphatic carbocycles. The van der Waals surface area contributed by atoms with Gasteiger partial charge in [-0.05, 0) is 59.7 Å². The highest BCUT2D eigenvalue weighted by Gasteiger charge is 2.32. The molecule has 5 nitrogen and oxygen atoms in total. The van der Waals surface area contributed by atoms with E-state index >= 15 is 0 Å². The fraction of sp³-hybridized carbons (Fsp3) is 0.310. The predicted molar refractivity (Wildman–Crippen MR) is 141 cm³/mol. The number of carboxylic acid groups (broad SMARTS) is 1. The Balaban J connectivity index is 1.58. The van der Waals surface area contributed by atoms with E-state index in [0.29, 0.717) is 23.3 Å². The second-order valence-corrected chi connectivity index (χ2v) is 10.4. The van der Waals surface area contributed by atoms with Crippen LogP contribution in [0.15, 0.2) is 77.7 Å². The summed E-state index contributed by atoms with van der Waals surface area (Å²) in [5, 5.41) is 14.1. The van der Waals surface area contributed by atoms with Crippen molar-refractivity contribution in [3.05, 3.63) is 83.9 Å². The molecule has 0 saturated carbocycles. The number of benzene rings is 3. The van der Waals surface area contributed by atoms with Gasteiger partial charge in [0.15, 0.2) is 0 Å². The van der Waals surface area contributed by atoms with Crippen molar-refractivity contribution < 1.29 is 32.6 Å². The molecule has 1 aliphatic rings. The number of nitrogens with one attached hydrogen (secondary N) is 1. The Hall–Kier alpha value is -3.46. The average Bonchev–Trinajstić information content (AvgIpc) is 2.90. The van der Waals surface area contributed by atoms with E-state index in [0.717, 1.165) is 18.2 Å². The van der Waals surface area contributed by atoms with Gasteiger partial charge in [-0.3, -0.25) is 4.79 Å². The summed E-state index contributed by atoms with van der Waals surface area (Å²) < 4.78 is 44.0. The number of ether oxygens (including phenoxy) is 1. The topological polar surface area (TPSA) is 75.6 Å². The first-order valence-corrected chi connectivity index (χ1v) is 13.2. The van der Waals surface area contributed by atoms with Crippen LogP contribution in [-0.2, 0) is 11.4 Å². The normalized spacial score (nSPS) is 18.2. The number of amides is 1. The van der Waals surface area contributed by atoms with Crippen LogP contribution < -0.4 is 10.1 Å². The Morgan fingerprint density at radius 1 is 1.11 bits per heavy atom. The summed E-state index contributed by atoms with van der Waals surface area (Å²) in [6.07, 6.45) is 6.34. The number of rotatable bonds is 9. The highest BCUT2D eigenvalue weighted by molar-refractivity contribution is 8.00. The van der Waals surface area contributed by atoms with Gasteiger partial charge in [-0.2, -0.15) is 13.2 Å². The van der Waals surface area contributed by atoms with E-state index in [-0.39, 0.29) is 40.5 Å². The molecule has 0 aliphatic heterocycles. The number of carbonyl (C=O) groups is 2. The number of fused-ring (bicyclic) bond motifs is 1. The molecule has 38 heavy (non-hydrogen) atoms. The zero-order valence-electron chi connectivity index (χ0n) is 20.7. The third kappa shape index (κ3) is 6.89. The smallest absolute Gasteiger partial charge is 0.446 e.